The van der Waals surface area contributed by atoms with Gasteiger partial charge in [-0.25, -0.2) is 0 Å². The molecule has 0 unspecified atom stereocenters. The molecular weight excluding hydrogens is 659 g/mol. The van der Waals surface area contributed by atoms with Crippen LogP contribution in [0.2, 0.25) is 0 Å². The third-order valence-electron chi connectivity index (χ3n) is 11.5. The zero-order valence-electron chi connectivity index (χ0n) is 30.0. The summed E-state index contributed by atoms with van der Waals surface area (Å²) >= 11 is 0. The van der Waals surface area contributed by atoms with Crippen LogP contribution in [-0.4, -0.2) is 0 Å². The first-order valence-electron chi connectivity index (χ1n) is 18.6. The first-order valence-corrected chi connectivity index (χ1v) is 18.6. The van der Waals surface area contributed by atoms with E-state index in [2.05, 4.69) is 176 Å². The van der Waals surface area contributed by atoms with Gasteiger partial charge < -0.3 is 13.7 Å². The second-order valence-corrected chi connectivity index (χ2v) is 14.8. The molecule has 0 saturated heterocycles. The summed E-state index contributed by atoms with van der Waals surface area (Å²) in [6.45, 7) is 4.70. The van der Waals surface area contributed by atoms with Crippen molar-refractivity contribution in [2.75, 3.05) is 4.90 Å². The van der Waals surface area contributed by atoms with Crippen LogP contribution < -0.4 is 4.90 Å². The molecule has 0 fully saturated rings. The topological polar surface area (TPSA) is 29.5 Å². The number of hydrogen-bond donors (Lipinski definition) is 0. The second kappa shape index (κ2) is 11.6. The summed E-state index contributed by atoms with van der Waals surface area (Å²) in [7, 11) is 0. The number of anilines is 3. The maximum atomic E-state index is 6.51. The predicted octanol–water partition coefficient (Wildman–Crippen LogP) is 14.6. The van der Waals surface area contributed by atoms with Crippen LogP contribution >= 0.6 is 0 Å². The van der Waals surface area contributed by atoms with Gasteiger partial charge in [-0.1, -0.05) is 141 Å². The van der Waals surface area contributed by atoms with Gasteiger partial charge >= 0.3 is 0 Å². The molecule has 0 N–H and O–H groups in total. The lowest BCUT2D eigenvalue weighted by molar-refractivity contribution is 0.660. The zero-order chi connectivity index (χ0) is 36.0. The van der Waals surface area contributed by atoms with E-state index < -0.39 is 0 Å². The maximum absolute atomic E-state index is 6.51. The number of nitrogens with zero attached hydrogens (tertiary/aromatic N) is 1. The van der Waals surface area contributed by atoms with E-state index in [1.165, 1.54) is 27.8 Å². The Morgan fingerprint density at radius 3 is 1.76 bits per heavy atom. The van der Waals surface area contributed by atoms with E-state index in [4.69, 9.17) is 8.83 Å². The lowest BCUT2D eigenvalue weighted by Crippen LogP contribution is -2.15. The van der Waals surface area contributed by atoms with E-state index >= 15 is 0 Å². The molecule has 2 aromatic heterocycles. The van der Waals surface area contributed by atoms with Crippen molar-refractivity contribution >= 4 is 60.9 Å². The van der Waals surface area contributed by atoms with Gasteiger partial charge in [0.05, 0.1) is 22.4 Å². The molecule has 0 spiro atoms. The van der Waals surface area contributed by atoms with Crippen molar-refractivity contribution in [3.8, 4) is 33.4 Å². The Kier molecular flexibility index (Phi) is 6.60. The predicted molar refractivity (Wildman–Crippen MR) is 224 cm³/mol. The molecule has 2 heterocycles. The Morgan fingerprint density at radius 1 is 0.389 bits per heavy atom. The van der Waals surface area contributed by atoms with Crippen molar-refractivity contribution in [2.24, 2.45) is 0 Å². The van der Waals surface area contributed by atoms with E-state index in [9.17, 15) is 0 Å². The lowest BCUT2D eigenvalue weighted by atomic mass is 9.82. The molecule has 10 aromatic rings. The quantitative estimate of drug-likeness (QED) is 0.180. The highest BCUT2D eigenvalue weighted by Gasteiger charge is 2.37. The normalized spacial score (nSPS) is 13.1. The molecule has 0 radical (unpaired) electrons. The highest BCUT2D eigenvalue weighted by atomic mass is 16.3. The van der Waals surface area contributed by atoms with Crippen LogP contribution in [0.25, 0.3) is 77.3 Å². The molecule has 8 aromatic carbocycles. The molecule has 3 heteroatoms. The summed E-state index contributed by atoms with van der Waals surface area (Å²) in [6, 6.07) is 63.0. The molecule has 11 rings (SSSR count). The van der Waals surface area contributed by atoms with Gasteiger partial charge in [-0.3, -0.25) is 0 Å². The van der Waals surface area contributed by atoms with Gasteiger partial charge in [0.25, 0.3) is 0 Å². The van der Waals surface area contributed by atoms with Crippen LogP contribution in [-0.2, 0) is 5.41 Å². The van der Waals surface area contributed by atoms with Crippen molar-refractivity contribution < 1.29 is 8.83 Å². The number of para-hydroxylation sites is 4. The van der Waals surface area contributed by atoms with Crippen molar-refractivity contribution in [1.82, 2.24) is 0 Å². The van der Waals surface area contributed by atoms with Crippen molar-refractivity contribution in [3.63, 3.8) is 0 Å². The molecule has 0 aliphatic heterocycles. The van der Waals surface area contributed by atoms with E-state index in [0.717, 1.165) is 77.6 Å². The first kappa shape index (κ1) is 30.8. The average molecular weight is 694 g/mol. The van der Waals surface area contributed by atoms with Gasteiger partial charge in [-0.2, -0.15) is 0 Å². The third-order valence-corrected chi connectivity index (χ3v) is 11.5. The molecule has 0 atom stereocenters. The van der Waals surface area contributed by atoms with Crippen molar-refractivity contribution in [3.05, 3.63) is 187 Å². The summed E-state index contributed by atoms with van der Waals surface area (Å²) in [5, 5.41) is 4.39. The van der Waals surface area contributed by atoms with Crippen molar-refractivity contribution in [1.29, 1.82) is 0 Å². The highest BCUT2D eigenvalue weighted by Crippen LogP contribution is 2.55. The monoisotopic (exact) mass is 693 g/mol. The van der Waals surface area contributed by atoms with E-state index in [-0.39, 0.29) is 5.41 Å². The molecule has 3 nitrogen and oxygen atoms in total. The summed E-state index contributed by atoms with van der Waals surface area (Å²) in [6.07, 6.45) is 0. The van der Waals surface area contributed by atoms with Crippen molar-refractivity contribution in [2.45, 2.75) is 19.3 Å². The largest absolute Gasteiger partial charge is 0.456 e. The molecule has 1 aliphatic rings. The number of benzene rings is 8. The van der Waals surface area contributed by atoms with E-state index in [0.29, 0.717) is 0 Å². The van der Waals surface area contributed by atoms with Crippen LogP contribution in [0.4, 0.5) is 17.1 Å². The Balaban J connectivity index is 1.21. The van der Waals surface area contributed by atoms with Gasteiger partial charge in [0.1, 0.15) is 22.3 Å². The molecule has 0 amide bonds. The van der Waals surface area contributed by atoms with Crippen LogP contribution in [0.3, 0.4) is 0 Å². The Morgan fingerprint density at radius 2 is 0.926 bits per heavy atom. The number of furan rings is 2. The molecule has 0 bridgehead atoms. The van der Waals surface area contributed by atoms with E-state index in [1.54, 1.807) is 0 Å². The molecular formula is C51H35NO2. The second-order valence-electron chi connectivity index (χ2n) is 14.8. The Bertz CT molecular complexity index is 3100. The molecule has 0 saturated carbocycles. The van der Waals surface area contributed by atoms with Gasteiger partial charge in [0, 0.05) is 32.7 Å². The average Bonchev–Trinajstić information content (AvgIpc) is 3.86. The summed E-state index contributed by atoms with van der Waals surface area (Å²) < 4.78 is 12.8. The Labute approximate surface area is 313 Å². The Hall–Kier alpha value is -6.84. The fourth-order valence-electron chi connectivity index (χ4n) is 9.01. The van der Waals surface area contributed by atoms with Gasteiger partial charge in [0.2, 0.25) is 0 Å². The number of fused-ring (bicyclic) bond motifs is 9. The smallest absolute Gasteiger partial charge is 0.137 e. The molecule has 1 aliphatic carbocycles. The number of rotatable bonds is 5. The van der Waals surface area contributed by atoms with Gasteiger partial charge in [0.15, 0.2) is 0 Å². The van der Waals surface area contributed by atoms with Crippen LogP contribution in [0.5, 0.6) is 0 Å². The summed E-state index contributed by atoms with van der Waals surface area (Å²) in [5.41, 5.74) is 16.6. The lowest BCUT2D eigenvalue weighted by Gasteiger charge is -2.31. The van der Waals surface area contributed by atoms with Crippen LogP contribution in [0.15, 0.2) is 185 Å². The van der Waals surface area contributed by atoms with Gasteiger partial charge in [-0.15, -0.1) is 0 Å². The highest BCUT2D eigenvalue weighted by molar-refractivity contribution is 6.15. The van der Waals surface area contributed by atoms with Gasteiger partial charge in [-0.05, 0) is 81.9 Å². The van der Waals surface area contributed by atoms with Crippen LogP contribution in [0.1, 0.15) is 25.0 Å². The third kappa shape index (κ3) is 4.42. The van der Waals surface area contributed by atoms with Crippen LogP contribution in [0, 0.1) is 0 Å². The maximum Gasteiger partial charge on any atom is 0.137 e. The summed E-state index contributed by atoms with van der Waals surface area (Å²) in [4.78, 5) is 2.46. The molecule has 256 valence electrons. The fraction of sp³-hybridized carbons (Fsp3) is 0.0588. The number of hydrogen-bond acceptors (Lipinski definition) is 3. The minimum Gasteiger partial charge on any atom is -0.456 e. The fourth-order valence-corrected chi connectivity index (χ4v) is 9.01. The van der Waals surface area contributed by atoms with E-state index in [1.807, 2.05) is 18.2 Å². The SMILES string of the molecule is CC1(C)c2ccccc2-c2c(-c3ccccc3N(c3ccccc3-c3ccc4oc5ccccc5c4c3)c3cccc4oc5ccccc5c34)cccc21. The standard InChI is InChI=1S/C51H35NO2/c1-51(2)40-21-8-3-18-37(40)49-36(20-13-22-41(49)51)34-16-5-10-24-43(34)52(44-25-14-28-48-50(44)38-19-7-12-27-46(38)54-48)42-23-9-4-15-33(42)32-29-30-47-39(31-32)35-17-6-11-26-45(35)53-47/h3-31H,1-2H3. The minimum atomic E-state index is -0.111. The zero-order valence-corrected chi connectivity index (χ0v) is 30.0. The molecule has 54 heavy (non-hydrogen) atoms. The first-order chi connectivity index (χ1) is 26.6. The summed E-state index contributed by atoms with van der Waals surface area (Å²) in [5.74, 6) is 0. The minimum absolute atomic E-state index is 0.111.